The molecule has 2 aromatic heterocycles. The molecule has 1 aromatic carbocycles. The van der Waals surface area contributed by atoms with E-state index in [1.54, 1.807) is 6.07 Å². The van der Waals surface area contributed by atoms with Crippen molar-refractivity contribution in [3.63, 3.8) is 0 Å². The van der Waals surface area contributed by atoms with E-state index in [4.69, 9.17) is 0 Å². The van der Waals surface area contributed by atoms with Gasteiger partial charge in [0, 0.05) is 11.1 Å². The molecule has 26 heavy (non-hydrogen) atoms. The van der Waals surface area contributed by atoms with Crippen LogP contribution in [0.25, 0.3) is 10.2 Å². The van der Waals surface area contributed by atoms with E-state index in [0.717, 1.165) is 21.6 Å². The van der Waals surface area contributed by atoms with Crippen LogP contribution in [0.2, 0.25) is 0 Å². The van der Waals surface area contributed by atoms with Crippen LogP contribution in [-0.4, -0.2) is 27.2 Å². The number of hydrogen-bond acceptors (Lipinski definition) is 6. The quantitative estimate of drug-likeness (QED) is 0.689. The van der Waals surface area contributed by atoms with Crippen molar-refractivity contribution >= 4 is 43.9 Å². The minimum Gasteiger partial charge on any atom is -0.374 e. The molecular weight excluding hydrogens is 387 g/mol. The fourth-order valence-corrected chi connectivity index (χ4v) is 4.25. The lowest BCUT2D eigenvalue weighted by molar-refractivity contribution is -0.266. The van der Waals surface area contributed by atoms with E-state index in [1.165, 1.54) is 12.3 Å². The van der Waals surface area contributed by atoms with E-state index in [1.807, 2.05) is 19.1 Å². The molecule has 138 valence electrons. The van der Waals surface area contributed by atoms with E-state index >= 15 is 0 Å². The van der Waals surface area contributed by atoms with E-state index < -0.39 is 29.1 Å². The monoisotopic (exact) mass is 401 g/mol. The van der Waals surface area contributed by atoms with Gasteiger partial charge in [0.05, 0.1) is 16.6 Å². The Morgan fingerprint density at radius 1 is 1.27 bits per heavy atom. The second kappa shape index (κ2) is 6.60. The fraction of sp³-hybridized carbons (Fsp3) is 0.312. The molecule has 0 spiro atoms. The van der Waals surface area contributed by atoms with Crippen LogP contribution in [0.3, 0.4) is 0 Å². The summed E-state index contributed by atoms with van der Waals surface area (Å²) in [6.07, 6.45) is -6.24. The maximum Gasteiger partial charge on any atom is 0.424 e. The maximum absolute atomic E-state index is 13.4. The lowest BCUT2D eigenvalue weighted by atomic mass is 9.99. The van der Waals surface area contributed by atoms with E-state index in [0.29, 0.717) is 22.5 Å². The Hall–Kier alpha value is -2.04. The number of benzene rings is 1. The number of anilines is 1. The van der Waals surface area contributed by atoms with Gasteiger partial charge < -0.3 is 10.4 Å². The summed E-state index contributed by atoms with van der Waals surface area (Å²) >= 11 is 1.82. The lowest BCUT2D eigenvalue weighted by Crippen LogP contribution is -2.45. The van der Waals surface area contributed by atoms with Crippen molar-refractivity contribution in [3.05, 3.63) is 39.8 Å². The lowest BCUT2D eigenvalue weighted by Gasteiger charge is -2.27. The van der Waals surface area contributed by atoms with Crippen molar-refractivity contribution in [2.75, 3.05) is 5.32 Å². The molecule has 3 rings (SSSR count). The Kier molecular flexibility index (Phi) is 4.76. The number of nitrogens with one attached hydrogen (secondary N) is 1. The third kappa shape index (κ3) is 3.44. The highest BCUT2D eigenvalue weighted by Gasteiger charge is 2.58. The molecule has 0 aliphatic heterocycles. The van der Waals surface area contributed by atoms with E-state index in [-0.39, 0.29) is 5.13 Å². The number of carbonyl (C=O) groups is 1. The first-order valence-electron chi connectivity index (χ1n) is 7.48. The number of carbonyl (C=O) groups excluding carboxylic acids is 1. The summed E-state index contributed by atoms with van der Waals surface area (Å²) in [5.41, 5.74) is -1.43. The van der Waals surface area contributed by atoms with Gasteiger partial charge in [-0.2, -0.15) is 13.2 Å². The minimum atomic E-state index is -5.04. The van der Waals surface area contributed by atoms with Crippen LogP contribution in [0.5, 0.6) is 0 Å². The Balaban J connectivity index is 1.85. The van der Waals surface area contributed by atoms with Gasteiger partial charge in [-0.15, -0.1) is 11.3 Å². The first-order valence-corrected chi connectivity index (χ1v) is 9.17. The van der Waals surface area contributed by atoms with Gasteiger partial charge in [-0.1, -0.05) is 23.5 Å². The van der Waals surface area contributed by atoms with Crippen molar-refractivity contribution in [1.29, 1.82) is 0 Å². The maximum atomic E-state index is 13.4. The summed E-state index contributed by atoms with van der Waals surface area (Å²) in [5.74, 6) is -0.991. The SMILES string of the molecule is Cc1csc([C@](O)(CC(=O)Nc2nc3c(C)cccc3s2)C(F)(F)F)n1. The van der Waals surface area contributed by atoms with Crippen molar-refractivity contribution in [2.24, 2.45) is 0 Å². The largest absolute Gasteiger partial charge is 0.424 e. The van der Waals surface area contributed by atoms with Crippen molar-refractivity contribution < 1.29 is 23.1 Å². The Morgan fingerprint density at radius 3 is 2.58 bits per heavy atom. The number of fused-ring (bicyclic) bond motifs is 1. The summed E-state index contributed by atoms with van der Waals surface area (Å²) in [5, 5.41) is 13.6. The molecule has 0 saturated heterocycles. The van der Waals surface area contributed by atoms with Gasteiger partial charge in [-0.3, -0.25) is 4.79 Å². The van der Waals surface area contributed by atoms with E-state index in [9.17, 15) is 23.1 Å². The van der Waals surface area contributed by atoms with Crippen molar-refractivity contribution in [2.45, 2.75) is 32.0 Å². The predicted octanol–water partition coefficient (Wildman–Crippen LogP) is 4.15. The smallest absolute Gasteiger partial charge is 0.374 e. The van der Waals surface area contributed by atoms with Crippen LogP contribution in [0.1, 0.15) is 22.7 Å². The normalized spacial score (nSPS) is 14.4. The third-order valence-electron chi connectivity index (χ3n) is 3.73. The van der Waals surface area contributed by atoms with Crippen molar-refractivity contribution in [1.82, 2.24) is 9.97 Å². The van der Waals surface area contributed by atoms with Gasteiger partial charge >= 0.3 is 6.18 Å². The van der Waals surface area contributed by atoms with Gasteiger partial charge in [0.15, 0.2) is 5.13 Å². The second-order valence-corrected chi connectivity index (χ2v) is 7.71. The number of para-hydroxylation sites is 1. The molecule has 10 heteroatoms. The zero-order valence-corrected chi connectivity index (χ0v) is 15.3. The highest BCUT2D eigenvalue weighted by atomic mass is 32.1. The van der Waals surface area contributed by atoms with Gasteiger partial charge in [-0.25, -0.2) is 9.97 Å². The average molecular weight is 401 g/mol. The fourth-order valence-electron chi connectivity index (χ4n) is 2.38. The highest BCUT2D eigenvalue weighted by molar-refractivity contribution is 7.22. The summed E-state index contributed by atoms with van der Waals surface area (Å²) in [6, 6.07) is 5.48. The van der Waals surface area contributed by atoms with Crippen molar-refractivity contribution in [3.8, 4) is 0 Å². The molecule has 1 atom stereocenters. The summed E-state index contributed by atoms with van der Waals surface area (Å²) < 4.78 is 41.1. The molecule has 0 aliphatic carbocycles. The number of nitrogens with zero attached hydrogens (tertiary/aromatic N) is 2. The zero-order valence-electron chi connectivity index (χ0n) is 13.7. The summed E-state index contributed by atoms with van der Waals surface area (Å²) in [6.45, 7) is 3.36. The second-order valence-electron chi connectivity index (χ2n) is 5.82. The average Bonchev–Trinajstić information content (AvgIpc) is 3.13. The molecule has 2 N–H and O–H groups in total. The standard InChI is InChI=1S/C16H14F3N3O2S2/c1-8-4-3-5-10-12(8)22-14(26-10)21-11(23)6-15(24,16(17,18)19)13-20-9(2)7-25-13/h3-5,7,24H,6H2,1-2H3,(H,21,22,23)/t15-/m1/s1. The number of amides is 1. The Labute approximate surface area is 154 Å². The van der Waals surface area contributed by atoms with Crippen LogP contribution >= 0.6 is 22.7 Å². The number of rotatable bonds is 4. The molecule has 0 fully saturated rings. The van der Waals surface area contributed by atoms with Crippen LogP contribution in [0.4, 0.5) is 18.3 Å². The van der Waals surface area contributed by atoms with Gasteiger partial charge in [0.2, 0.25) is 11.5 Å². The zero-order chi connectivity index (χ0) is 19.1. The van der Waals surface area contributed by atoms with E-state index in [2.05, 4.69) is 15.3 Å². The molecule has 0 saturated carbocycles. The molecule has 0 radical (unpaired) electrons. The van der Waals surface area contributed by atoms with Gasteiger partial charge in [-0.05, 0) is 25.5 Å². The summed E-state index contributed by atoms with van der Waals surface area (Å²) in [7, 11) is 0. The number of aryl methyl sites for hydroxylation is 2. The first kappa shape index (κ1) is 18.7. The van der Waals surface area contributed by atoms with Gasteiger partial charge in [0.25, 0.3) is 0 Å². The number of thiazole rings is 2. The summed E-state index contributed by atoms with van der Waals surface area (Å²) in [4.78, 5) is 20.1. The Bertz CT molecular complexity index is 967. The number of aliphatic hydroxyl groups is 1. The molecule has 2 heterocycles. The highest BCUT2D eigenvalue weighted by Crippen LogP contribution is 2.43. The first-order chi connectivity index (χ1) is 12.1. The predicted molar refractivity (Wildman–Crippen MR) is 94.4 cm³/mol. The number of halogens is 3. The molecule has 0 bridgehead atoms. The number of hydrogen-bond donors (Lipinski definition) is 2. The molecular formula is C16H14F3N3O2S2. The topological polar surface area (TPSA) is 75.1 Å². The number of alkyl halides is 3. The minimum absolute atomic E-state index is 0.180. The van der Waals surface area contributed by atoms with Crippen LogP contribution in [0.15, 0.2) is 23.6 Å². The molecule has 5 nitrogen and oxygen atoms in total. The molecule has 3 aromatic rings. The van der Waals surface area contributed by atoms with Crippen LogP contribution < -0.4 is 5.32 Å². The van der Waals surface area contributed by atoms with Gasteiger partial charge in [0.1, 0.15) is 5.01 Å². The van der Waals surface area contributed by atoms with Crippen LogP contribution in [0, 0.1) is 13.8 Å². The third-order valence-corrected chi connectivity index (χ3v) is 5.77. The number of aromatic nitrogens is 2. The van der Waals surface area contributed by atoms with Crippen LogP contribution in [-0.2, 0) is 10.4 Å². The molecule has 1 amide bonds. The molecule has 0 unspecified atom stereocenters. The Morgan fingerprint density at radius 2 is 2.00 bits per heavy atom. The molecule has 0 aliphatic rings.